The van der Waals surface area contributed by atoms with Gasteiger partial charge in [0.25, 0.3) is 0 Å². The molecule has 4 N–H and O–H groups in total. The van der Waals surface area contributed by atoms with Crippen molar-refractivity contribution in [1.82, 2.24) is 0 Å². The van der Waals surface area contributed by atoms with Gasteiger partial charge in [-0.05, 0) is 55.0 Å². The summed E-state index contributed by atoms with van der Waals surface area (Å²) < 4.78 is 36.3. The molecule has 0 saturated carbocycles. The molecule has 22 heavy (non-hydrogen) atoms. The number of rotatable bonds is 3. The third-order valence-corrected chi connectivity index (χ3v) is 3.91. The van der Waals surface area contributed by atoms with Gasteiger partial charge < -0.3 is 10.6 Å². The summed E-state index contributed by atoms with van der Waals surface area (Å²) in [7, 11) is -3.80. The van der Waals surface area contributed by atoms with E-state index in [-0.39, 0.29) is 15.7 Å². The van der Waals surface area contributed by atoms with Crippen LogP contribution in [0.3, 0.4) is 0 Å². The van der Waals surface area contributed by atoms with Crippen LogP contribution in [0.2, 0.25) is 0 Å². The number of sulfonamides is 1. The predicted octanol–water partition coefficient (Wildman–Crippen LogP) is 2.59. The van der Waals surface area contributed by atoms with Crippen molar-refractivity contribution in [2.45, 2.75) is 11.8 Å². The molecule has 2 rings (SSSR count). The second-order valence-electron chi connectivity index (χ2n) is 4.64. The van der Waals surface area contributed by atoms with Gasteiger partial charge in [-0.1, -0.05) is 12.1 Å². The summed E-state index contributed by atoms with van der Waals surface area (Å²) in [6, 6.07) is 10.6. The van der Waals surface area contributed by atoms with Crippen molar-refractivity contribution >= 4 is 38.7 Å². The Morgan fingerprint density at radius 2 is 1.91 bits per heavy atom. The smallest absolute Gasteiger partial charge is 0.238 e. The first-order chi connectivity index (χ1) is 10.3. The summed E-state index contributed by atoms with van der Waals surface area (Å²) in [6.07, 6.45) is 0. The molecule has 8 heteroatoms. The Morgan fingerprint density at radius 3 is 2.55 bits per heavy atom. The molecule has 0 spiro atoms. The minimum atomic E-state index is -3.80. The fourth-order valence-electron chi connectivity index (χ4n) is 1.76. The molecule has 0 radical (unpaired) electrons. The van der Waals surface area contributed by atoms with Crippen LogP contribution in [-0.2, 0) is 10.0 Å². The first-order valence-corrected chi connectivity index (χ1v) is 8.18. The molecule has 0 amide bonds. The van der Waals surface area contributed by atoms with E-state index >= 15 is 0 Å². The zero-order valence-corrected chi connectivity index (χ0v) is 13.3. The van der Waals surface area contributed by atoms with Crippen molar-refractivity contribution in [1.29, 1.82) is 0 Å². The lowest BCUT2D eigenvalue weighted by molar-refractivity contribution is 0.598. The molecule has 0 heterocycles. The average Bonchev–Trinajstić information content (AvgIpc) is 2.41. The molecular weight excluding hydrogens is 325 g/mol. The number of benzene rings is 2. The van der Waals surface area contributed by atoms with Gasteiger partial charge in [0.05, 0.1) is 10.6 Å². The molecule has 0 saturated heterocycles. The van der Waals surface area contributed by atoms with Crippen molar-refractivity contribution in [2.75, 3.05) is 10.6 Å². The number of hydrogen-bond donors (Lipinski definition) is 3. The lowest BCUT2D eigenvalue weighted by Crippen LogP contribution is -2.20. The normalized spacial score (nSPS) is 11.0. The van der Waals surface area contributed by atoms with Crippen molar-refractivity contribution in [3.63, 3.8) is 0 Å². The molecule has 5 nitrogen and oxygen atoms in total. The van der Waals surface area contributed by atoms with Crippen LogP contribution in [0.25, 0.3) is 0 Å². The molecule has 2 aromatic carbocycles. The first kappa shape index (κ1) is 16.3. The van der Waals surface area contributed by atoms with E-state index in [1.807, 2.05) is 0 Å². The van der Waals surface area contributed by atoms with E-state index in [2.05, 4.69) is 10.6 Å². The summed E-state index contributed by atoms with van der Waals surface area (Å²) >= 11 is 5.08. The highest BCUT2D eigenvalue weighted by Crippen LogP contribution is 2.17. The molecule has 0 aliphatic carbocycles. The van der Waals surface area contributed by atoms with Crippen LogP contribution < -0.4 is 15.8 Å². The van der Waals surface area contributed by atoms with E-state index in [0.717, 1.165) is 5.56 Å². The number of nitrogens with one attached hydrogen (secondary N) is 2. The maximum Gasteiger partial charge on any atom is 0.238 e. The van der Waals surface area contributed by atoms with Crippen molar-refractivity contribution in [3.8, 4) is 0 Å². The van der Waals surface area contributed by atoms with E-state index < -0.39 is 15.8 Å². The highest BCUT2D eigenvalue weighted by atomic mass is 32.2. The molecule has 116 valence electrons. The molecule has 0 atom stereocenters. The predicted molar refractivity (Wildman–Crippen MR) is 88.8 cm³/mol. The maximum atomic E-state index is 13.7. The van der Waals surface area contributed by atoms with Gasteiger partial charge in [0, 0.05) is 5.69 Å². The van der Waals surface area contributed by atoms with E-state index in [1.54, 1.807) is 25.1 Å². The number of primary sulfonamides is 1. The van der Waals surface area contributed by atoms with Gasteiger partial charge in [0.15, 0.2) is 5.11 Å². The van der Waals surface area contributed by atoms with Gasteiger partial charge >= 0.3 is 0 Å². The number of aryl methyl sites for hydroxylation is 1. The number of nitrogens with two attached hydrogens (primary N) is 1. The van der Waals surface area contributed by atoms with Gasteiger partial charge in [-0.15, -0.1) is 0 Å². The molecule has 0 aromatic heterocycles. The fourth-order valence-corrected chi connectivity index (χ4v) is 2.54. The summed E-state index contributed by atoms with van der Waals surface area (Å²) in [4.78, 5) is -0.0400. The number of halogens is 1. The second-order valence-corrected chi connectivity index (χ2v) is 6.60. The Balaban J connectivity index is 2.12. The van der Waals surface area contributed by atoms with Crippen LogP contribution in [0.15, 0.2) is 47.4 Å². The maximum absolute atomic E-state index is 13.7. The Hall–Kier alpha value is -2.03. The Kier molecular flexibility index (Phi) is 4.74. The summed E-state index contributed by atoms with van der Waals surface area (Å²) in [5.74, 6) is -0.428. The topological polar surface area (TPSA) is 84.2 Å². The highest BCUT2D eigenvalue weighted by Gasteiger charge is 2.09. The lowest BCUT2D eigenvalue weighted by Gasteiger charge is -2.12. The molecule has 0 fully saturated rings. The summed E-state index contributed by atoms with van der Waals surface area (Å²) in [6.45, 7) is 1.78. The molecule has 2 aromatic rings. The van der Waals surface area contributed by atoms with Crippen LogP contribution in [-0.4, -0.2) is 13.5 Å². The fraction of sp³-hybridized carbons (Fsp3) is 0.0714. The lowest BCUT2D eigenvalue weighted by atomic mass is 10.2. The van der Waals surface area contributed by atoms with Crippen LogP contribution in [0.4, 0.5) is 15.8 Å². The Bertz CT molecular complexity index is 823. The van der Waals surface area contributed by atoms with Gasteiger partial charge in [-0.25, -0.2) is 17.9 Å². The third-order valence-electron chi connectivity index (χ3n) is 2.79. The number of anilines is 2. The molecule has 0 unspecified atom stereocenters. The summed E-state index contributed by atoms with van der Waals surface area (Å²) in [5, 5.41) is 10.7. The summed E-state index contributed by atoms with van der Waals surface area (Å²) in [5.41, 5.74) is 1.45. The molecule has 0 aliphatic rings. The van der Waals surface area contributed by atoms with Gasteiger partial charge in [0.2, 0.25) is 10.0 Å². The average molecular weight is 339 g/mol. The van der Waals surface area contributed by atoms with Crippen LogP contribution >= 0.6 is 12.2 Å². The monoisotopic (exact) mass is 339 g/mol. The van der Waals surface area contributed by atoms with Crippen LogP contribution in [0.1, 0.15) is 5.56 Å². The zero-order chi connectivity index (χ0) is 16.3. The van der Waals surface area contributed by atoms with Crippen molar-refractivity contribution in [2.24, 2.45) is 5.14 Å². The van der Waals surface area contributed by atoms with Gasteiger partial charge in [-0.2, -0.15) is 0 Å². The molecule has 0 bridgehead atoms. The van der Waals surface area contributed by atoms with Crippen LogP contribution in [0.5, 0.6) is 0 Å². The van der Waals surface area contributed by atoms with E-state index in [0.29, 0.717) is 5.69 Å². The van der Waals surface area contributed by atoms with Gasteiger partial charge in [0.1, 0.15) is 5.82 Å². The van der Waals surface area contributed by atoms with E-state index in [9.17, 15) is 12.8 Å². The molecular formula is C14H14FN3O2S2. The van der Waals surface area contributed by atoms with E-state index in [4.69, 9.17) is 17.4 Å². The first-order valence-electron chi connectivity index (χ1n) is 6.23. The quantitative estimate of drug-likeness (QED) is 0.749. The molecule has 0 aliphatic heterocycles. The SMILES string of the molecule is Cc1ccc(NC(=S)Nc2cccc(S(N)(=O)=O)c2)c(F)c1. The van der Waals surface area contributed by atoms with E-state index in [1.165, 1.54) is 24.3 Å². The minimum absolute atomic E-state index is 0.0400. The standard InChI is InChI=1S/C14H14FN3O2S2/c1-9-5-6-13(12(15)7-9)18-14(21)17-10-3-2-4-11(8-10)22(16,19)20/h2-8H,1H3,(H2,16,19,20)(H2,17,18,21). The zero-order valence-electron chi connectivity index (χ0n) is 11.6. The highest BCUT2D eigenvalue weighted by molar-refractivity contribution is 7.89. The largest absolute Gasteiger partial charge is 0.332 e. The Morgan fingerprint density at radius 1 is 1.18 bits per heavy atom. The van der Waals surface area contributed by atoms with Crippen LogP contribution in [0, 0.1) is 12.7 Å². The Labute approximate surface area is 133 Å². The van der Waals surface area contributed by atoms with Gasteiger partial charge in [-0.3, -0.25) is 0 Å². The number of thiocarbonyl (C=S) groups is 1. The van der Waals surface area contributed by atoms with Crippen molar-refractivity contribution in [3.05, 3.63) is 53.8 Å². The van der Waals surface area contributed by atoms with Crippen molar-refractivity contribution < 1.29 is 12.8 Å². The minimum Gasteiger partial charge on any atom is -0.332 e. The third kappa shape index (κ3) is 4.23. The second kappa shape index (κ2) is 6.39. The number of hydrogen-bond acceptors (Lipinski definition) is 3.